The number of thiocarbonyl (C=S) groups is 1. The third kappa shape index (κ3) is 5.95. The summed E-state index contributed by atoms with van der Waals surface area (Å²) in [5.74, 6) is 0.832. The highest BCUT2D eigenvalue weighted by atomic mass is 32.1. The van der Waals surface area contributed by atoms with Crippen molar-refractivity contribution in [1.29, 1.82) is 0 Å². The number of hydrogen-bond acceptors (Lipinski definition) is 4. The van der Waals surface area contributed by atoms with E-state index >= 15 is 0 Å². The second-order valence-corrected chi connectivity index (χ2v) is 4.69. The molecule has 5 heteroatoms. The Morgan fingerprint density at radius 2 is 2.00 bits per heavy atom. The Hall–Kier alpha value is -1.17. The maximum atomic E-state index is 8.75. The summed E-state index contributed by atoms with van der Waals surface area (Å²) in [7, 11) is 1.95. The molecule has 0 saturated carbocycles. The van der Waals surface area contributed by atoms with Crippen LogP contribution >= 0.6 is 12.2 Å². The maximum absolute atomic E-state index is 8.75. The van der Waals surface area contributed by atoms with Crippen LogP contribution in [-0.2, 0) is 6.42 Å². The van der Waals surface area contributed by atoms with Gasteiger partial charge in [-0.2, -0.15) is 0 Å². The van der Waals surface area contributed by atoms with E-state index in [1.54, 1.807) is 0 Å². The largest absolute Gasteiger partial charge is 0.492 e. The molecule has 0 radical (unpaired) electrons. The van der Waals surface area contributed by atoms with Crippen molar-refractivity contribution in [3.05, 3.63) is 29.8 Å². The molecule has 0 unspecified atom stereocenters. The van der Waals surface area contributed by atoms with Crippen LogP contribution in [0, 0.1) is 0 Å². The van der Waals surface area contributed by atoms with Crippen LogP contribution in [0.25, 0.3) is 0 Å². The van der Waals surface area contributed by atoms with Gasteiger partial charge in [0.05, 0.1) is 11.6 Å². The minimum atomic E-state index is 0.171. The summed E-state index contributed by atoms with van der Waals surface area (Å²) in [6, 6.07) is 7.76. The molecule has 18 heavy (non-hydrogen) atoms. The monoisotopic (exact) mass is 268 g/mol. The van der Waals surface area contributed by atoms with Crippen molar-refractivity contribution in [2.75, 3.05) is 33.4 Å². The fourth-order valence-corrected chi connectivity index (χ4v) is 1.67. The van der Waals surface area contributed by atoms with E-state index in [1.807, 2.05) is 36.2 Å². The molecule has 0 bridgehead atoms. The minimum absolute atomic E-state index is 0.171. The Balaban J connectivity index is 2.32. The van der Waals surface area contributed by atoms with Crippen molar-refractivity contribution in [1.82, 2.24) is 4.90 Å². The van der Waals surface area contributed by atoms with Crippen molar-refractivity contribution in [2.24, 2.45) is 5.73 Å². The SMILES string of the molecule is CN(CCO)CCOc1ccc(CC(N)=S)cc1. The Morgan fingerprint density at radius 1 is 1.33 bits per heavy atom. The number of hydrogen-bond donors (Lipinski definition) is 2. The molecule has 1 aromatic rings. The highest BCUT2D eigenvalue weighted by molar-refractivity contribution is 7.80. The van der Waals surface area contributed by atoms with Gasteiger partial charge in [0.15, 0.2) is 0 Å². The molecule has 0 amide bonds. The van der Waals surface area contributed by atoms with Crippen molar-refractivity contribution in [2.45, 2.75) is 6.42 Å². The van der Waals surface area contributed by atoms with Gasteiger partial charge in [0.1, 0.15) is 12.4 Å². The van der Waals surface area contributed by atoms with E-state index in [0.29, 0.717) is 24.6 Å². The third-order valence-electron chi connectivity index (χ3n) is 2.53. The molecule has 0 aliphatic carbocycles. The molecule has 0 heterocycles. The van der Waals surface area contributed by atoms with Crippen LogP contribution < -0.4 is 10.5 Å². The number of aliphatic hydroxyl groups is 1. The molecule has 0 atom stereocenters. The van der Waals surface area contributed by atoms with E-state index in [2.05, 4.69) is 0 Å². The van der Waals surface area contributed by atoms with Crippen molar-refractivity contribution < 1.29 is 9.84 Å². The van der Waals surface area contributed by atoms with Gasteiger partial charge >= 0.3 is 0 Å². The van der Waals surface area contributed by atoms with Gasteiger partial charge in [0, 0.05) is 19.5 Å². The van der Waals surface area contributed by atoms with Gasteiger partial charge in [-0.1, -0.05) is 24.4 Å². The molecule has 0 saturated heterocycles. The number of likely N-dealkylation sites (N-methyl/N-ethyl adjacent to an activating group) is 1. The van der Waals surface area contributed by atoms with Crippen molar-refractivity contribution in [3.63, 3.8) is 0 Å². The first kappa shape index (κ1) is 14.9. The lowest BCUT2D eigenvalue weighted by Crippen LogP contribution is -2.27. The predicted molar refractivity (Wildman–Crippen MR) is 77.0 cm³/mol. The summed E-state index contributed by atoms with van der Waals surface area (Å²) in [4.78, 5) is 2.51. The lowest BCUT2D eigenvalue weighted by atomic mass is 10.1. The zero-order chi connectivity index (χ0) is 13.4. The first-order valence-corrected chi connectivity index (χ1v) is 6.32. The second-order valence-electron chi connectivity index (χ2n) is 4.16. The van der Waals surface area contributed by atoms with E-state index in [4.69, 9.17) is 27.8 Å². The number of ether oxygens (including phenoxy) is 1. The summed E-state index contributed by atoms with van der Waals surface area (Å²) in [5.41, 5.74) is 6.57. The van der Waals surface area contributed by atoms with Gasteiger partial charge in [-0.05, 0) is 24.7 Å². The van der Waals surface area contributed by atoms with E-state index < -0.39 is 0 Å². The third-order valence-corrected chi connectivity index (χ3v) is 2.67. The van der Waals surface area contributed by atoms with Gasteiger partial charge in [0.25, 0.3) is 0 Å². The normalized spacial score (nSPS) is 10.6. The van der Waals surface area contributed by atoms with Gasteiger partial charge in [-0.3, -0.25) is 0 Å². The van der Waals surface area contributed by atoms with Gasteiger partial charge in [-0.25, -0.2) is 0 Å². The van der Waals surface area contributed by atoms with Crippen LogP contribution in [0.4, 0.5) is 0 Å². The molecule has 0 spiro atoms. The quantitative estimate of drug-likeness (QED) is 0.684. The number of aliphatic hydroxyl groups excluding tert-OH is 1. The van der Waals surface area contributed by atoms with Gasteiger partial charge < -0.3 is 20.5 Å². The lowest BCUT2D eigenvalue weighted by Gasteiger charge is -2.15. The number of nitrogens with two attached hydrogens (primary N) is 1. The van der Waals surface area contributed by atoms with E-state index in [-0.39, 0.29) is 6.61 Å². The Bertz CT molecular complexity index is 368. The van der Waals surface area contributed by atoms with Crippen molar-refractivity contribution in [3.8, 4) is 5.75 Å². The van der Waals surface area contributed by atoms with Crippen LogP contribution in [0.2, 0.25) is 0 Å². The van der Waals surface area contributed by atoms with E-state index in [0.717, 1.165) is 17.9 Å². The molecule has 0 aliphatic heterocycles. The lowest BCUT2D eigenvalue weighted by molar-refractivity contribution is 0.192. The van der Waals surface area contributed by atoms with Crippen LogP contribution in [0.5, 0.6) is 5.75 Å². The Labute approximate surface area is 113 Å². The summed E-state index contributed by atoms with van der Waals surface area (Å²) < 4.78 is 5.60. The van der Waals surface area contributed by atoms with Gasteiger partial charge in [-0.15, -0.1) is 0 Å². The molecule has 1 aromatic carbocycles. The number of rotatable bonds is 8. The Kier molecular flexibility index (Phi) is 6.64. The molecule has 100 valence electrons. The average molecular weight is 268 g/mol. The van der Waals surface area contributed by atoms with E-state index in [9.17, 15) is 0 Å². The van der Waals surface area contributed by atoms with Crippen LogP contribution in [0.1, 0.15) is 5.56 Å². The molecule has 0 fully saturated rings. The van der Waals surface area contributed by atoms with Gasteiger partial charge in [0.2, 0.25) is 0 Å². The first-order valence-electron chi connectivity index (χ1n) is 5.91. The molecule has 1 rings (SSSR count). The first-order chi connectivity index (χ1) is 8.61. The topological polar surface area (TPSA) is 58.7 Å². The zero-order valence-electron chi connectivity index (χ0n) is 10.6. The fourth-order valence-electron chi connectivity index (χ4n) is 1.51. The second kappa shape index (κ2) is 8.02. The molecular formula is C13H20N2O2S. The smallest absolute Gasteiger partial charge is 0.119 e. The average Bonchev–Trinajstić information content (AvgIpc) is 2.31. The summed E-state index contributed by atoms with van der Waals surface area (Å²) in [5, 5.41) is 8.75. The highest BCUT2D eigenvalue weighted by Crippen LogP contribution is 2.12. The van der Waals surface area contributed by atoms with Crippen LogP contribution in [-0.4, -0.2) is 48.3 Å². The summed E-state index contributed by atoms with van der Waals surface area (Å²) >= 11 is 4.85. The predicted octanol–water partition coefficient (Wildman–Crippen LogP) is 0.818. The molecular weight excluding hydrogens is 248 g/mol. The standard InChI is InChI=1S/C13H20N2O2S/c1-15(6-8-16)7-9-17-12-4-2-11(3-5-12)10-13(14)18/h2-5,16H,6-10H2,1H3,(H2,14,18). The van der Waals surface area contributed by atoms with Crippen molar-refractivity contribution >= 4 is 17.2 Å². The molecule has 0 aromatic heterocycles. The molecule has 4 nitrogen and oxygen atoms in total. The highest BCUT2D eigenvalue weighted by Gasteiger charge is 1.99. The fraction of sp³-hybridized carbons (Fsp3) is 0.462. The molecule has 3 N–H and O–H groups in total. The summed E-state index contributed by atoms with van der Waals surface area (Å²) in [6.45, 7) is 2.22. The zero-order valence-corrected chi connectivity index (χ0v) is 11.4. The Morgan fingerprint density at radius 3 is 2.56 bits per heavy atom. The van der Waals surface area contributed by atoms with E-state index in [1.165, 1.54) is 0 Å². The minimum Gasteiger partial charge on any atom is -0.492 e. The number of benzene rings is 1. The van der Waals surface area contributed by atoms with Crippen LogP contribution in [0.3, 0.4) is 0 Å². The van der Waals surface area contributed by atoms with Crippen LogP contribution in [0.15, 0.2) is 24.3 Å². The molecule has 0 aliphatic rings. The maximum Gasteiger partial charge on any atom is 0.119 e. The number of nitrogens with zero attached hydrogens (tertiary/aromatic N) is 1. The summed E-state index contributed by atoms with van der Waals surface area (Å²) in [6.07, 6.45) is 0.620.